The van der Waals surface area contributed by atoms with E-state index < -0.39 is 17.7 Å². The molecule has 1 amide bonds. The van der Waals surface area contributed by atoms with Crippen molar-refractivity contribution in [3.05, 3.63) is 69.7 Å². The van der Waals surface area contributed by atoms with Crippen LogP contribution >= 0.6 is 15.9 Å². The summed E-state index contributed by atoms with van der Waals surface area (Å²) in [5.41, 5.74) is 1.24. The van der Waals surface area contributed by atoms with Gasteiger partial charge in [0.25, 0.3) is 11.7 Å². The summed E-state index contributed by atoms with van der Waals surface area (Å²) < 4.78 is 11.4. The number of carbonyl (C=O) groups is 2. The molecule has 1 N–H and O–H groups in total. The standard InChI is InChI=1S/C22H22BrNO5/c1-3-29-17-10-6-15(7-11-17)20(25)18-19(14-4-8-16(23)9-5-14)24(12-13-28-2)22(27)21(18)26/h4-11,19,25H,3,12-13H2,1-2H3/t19-/m1/s1. The second-order valence-electron chi connectivity index (χ2n) is 6.49. The Hall–Kier alpha value is -2.64. The summed E-state index contributed by atoms with van der Waals surface area (Å²) in [6.45, 7) is 2.93. The van der Waals surface area contributed by atoms with Gasteiger partial charge in [0.15, 0.2) is 0 Å². The lowest BCUT2D eigenvalue weighted by atomic mass is 9.95. The number of methoxy groups -OCH3 is 1. The second kappa shape index (κ2) is 9.24. The summed E-state index contributed by atoms with van der Waals surface area (Å²) in [6, 6.07) is 13.4. The van der Waals surface area contributed by atoms with Crippen LogP contribution in [0, 0.1) is 0 Å². The summed E-state index contributed by atoms with van der Waals surface area (Å²) in [7, 11) is 1.53. The fourth-order valence-corrected chi connectivity index (χ4v) is 3.59. The molecule has 3 rings (SSSR count). The number of aliphatic hydroxyl groups is 1. The minimum absolute atomic E-state index is 0.0672. The van der Waals surface area contributed by atoms with Crippen LogP contribution in [0.15, 0.2) is 58.6 Å². The Morgan fingerprint density at radius 1 is 1.10 bits per heavy atom. The van der Waals surface area contributed by atoms with Crippen molar-refractivity contribution in [1.29, 1.82) is 0 Å². The molecule has 1 aliphatic heterocycles. The number of halogens is 1. The maximum Gasteiger partial charge on any atom is 0.295 e. The average Bonchev–Trinajstić information content (AvgIpc) is 2.98. The first-order chi connectivity index (χ1) is 14.0. The van der Waals surface area contributed by atoms with Crippen LogP contribution in [0.1, 0.15) is 24.1 Å². The number of carbonyl (C=O) groups excluding carboxylic acids is 2. The van der Waals surface area contributed by atoms with E-state index in [0.29, 0.717) is 17.9 Å². The van der Waals surface area contributed by atoms with Gasteiger partial charge in [0.1, 0.15) is 11.5 Å². The van der Waals surface area contributed by atoms with Gasteiger partial charge in [0.05, 0.1) is 24.8 Å². The van der Waals surface area contributed by atoms with E-state index in [1.165, 1.54) is 12.0 Å². The Labute approximate surface area is 177 Å². The smallest absolute Gasteiger partial charge is 0.295 e. The summed E-state index contributed by atoms with van der Waals surface area (Å²) in [5.74, 6) is -0.906. The zero-order chi connectivity index (χ0) is 21.0. The molecule has 0 radical (unpaired) electrons. The number of Topliss-reactive ketones (excluding diaryl/α,β-unsaturated/α-hetero) is 1. The van der Waals surface area contributed by atoms with Gasteiger partial charge in [-0.3, -0.25) is 9.59 Å². The van der Waals surface area contributed by atoms with Crippen LogP contribution < -0.4 is 4.74 Å². The van der Waals surface area contributed by atoms with Crippen LogP contribution in [0.4, 0.5) is 0 Å². The van der Waals surface area contributed by atoms with E-state index in [1.54, 1.807) is 24.3 Å². The lowest BCUT2D eigenvalue weighted by Gasteiger charge is -2.25. The second-order valence-corrected chi connectivity index (χ2v) is 7.41. The van der Waals surface area contributed by atoms with Gasteiger partial charge < -0.3 is 19.5 Å². The molecule has 1 saturated heterocycles. The molecule has 152 valence electrons. The average molecular weight is 460 g/mol. The van der Waals surface area contributed by atoms with E-state index in [4.69, 9.17) is 9.47 Å². The highest BCUT2D eigenvalue weighted by Gasteiger charge is 2.45. The predicted molar refractivity (Wildman–Crippen MR) is 113 cm³/mol. The highest BCUT2D eigenvalue weighted by molar-refractivity contribution is 9.10. The number of hydrogen-bond acceptors (Lipinski definition) is 5. The SMILES string of the molecule is CCOc1ccc(C(O)=C2C(=O)C(=O)N(CCOC)[C@@H]2c2ccc(Br)cc2)cc1. The third kappa shape index (κ3) is 4.36. The molecule has 6 nitrogen and oxygen atoms in total. The molecule has 1 fully saturated rings. The fraction of sp³-hybridized carbons (Fsp3) is 0.273. The number of benzene rings is 2. The van der Waals surface area contributed by atoms with Gasteiger partial charge in [-0.1, -0.05) is 28.1 Å². The Morgan fingerprint density at radius 2 is 1.76 bits per heavy atom. The first-order valence-electron chi connectivity index (χ1n) is 9.24. The number of rotatable bonds is 7. The largest absolute Gasteiger partial charge is 0.507 e. The van der Waals surface area contributed by atoms with Crippen molar-refractivity contribution in [3.8, 4) is 5.75 Å². The van der Waals surface area contributed by atoms with Gasteiger partial charge in [-0.25, -0.2) is 0 Å². The Balaban J connectivity index is 2.09. The molecule has 0 aromatic heterocycles. The van der Waals surface area contributed by atoms with Crippen LogP contribution in [-0.2, 0) is 14.3 Å². The maximum absolute atomic E-state index is 12.8. The van der Waals surface area contributed by atoms with Crippen molar-refractivity contribution in [2.24, 2.45) is 0 Å². The number of aliphatic hydroxyl groups excluding tert-OH is 1. The fourth-order valence-electron chi connectivity index (χ4n) is 3.32. The van der Waals surface area contributed by atoms with Crippen molar-refractivity contribution in [2.75, 3.05) is 26.9 Å². The molecule has 0 spiro atoms. The highest BCUT2D eigenvalue weighted by Crippen LogP contribution is 2.39. The number of ether oxygens (including phenoxy) is 2. The molecule has 0 unspecified atom stereocenters. The van der Waals surface area contributed by atoms with Crippen LogP contribution in [0.3, 0.4) is 0 Å². The molecule has 0 aliphatic carbocycles. The van der Waals surface area contributed by atoms with E-state index in [2.05, 4.69) is 15.9 Å². The lowest BCUT2D eigenvalue weighted by molar-refractivity contribution is -0.140. The number of nitrogens with zero attached hydrogens (tertiary/aromatic N) is 1. The predicted octanol–water partition coefficient (Wildman–Crippen LogP) is 3.92. The number of amides is 1. The summed E-state index contributed by atoms with van der Waals surface area (Å²) in [6.07, 6.45) is 0. The number of hydrogen-bond donors (Lipinski definition) is 1. The minimum atomic E-state index is -0.708. The Morgan fingerprint density at radius 3 is 2.34 bits per heavy atom. The monoisotopic (exact) mass is 459 g/mol. The lowest BCUT2D eigenvalue weighted by Crippen LogP contribution is -2.32. The van der Waals surface area contributed by atoms with Gasteiger partial charge in [-0.05, 0) is 48.9 Å². The molecule has 29 heavy (non-hydrogen) atoms. The van der Waals surface area contributed by atoms with E-state index in [-0.39, 0.29) is 24.5 Å². The van der Waals surface area contributed by atoms with Crippen molar-refractivity contribution in [2.45, 2.75) is 13.0 Å². The molecule has 0 saturated carbocycles. The summed E-state index contributed by atoms with van der Waals surface area (Å²) in [5, 5.41) is 11.0. The first kappa shape index (κ1) is 21.1. The Kier molecular flexibility index (Phi) is 6.71. The summed E-state index contributed by atoms with van der Waals surface area (Å²) in [4.78, 5) is 27.0. The van der Waals surface area contributed by atoms with E-state index in [1.807, 2.05) is 31.2 Å². The quantitative estimate of drug-likeness (QED) is 0.385. The van der Waals surface area contributed by atoms with Gasteiger partial charge in [-0.2, -0.15) is 0 Å². The molecule has 7 heteroatoms. The van der Waals surface area contributed by atoms with Gasteiger partial charge in [0.2, 0.25) is 0 Å². The molecule has 2 aromatic rings. The van der Waals surface area contributed by atoms with Gasteiger partial charge in [-0.15, -0.1) is 0 Å². The first-order valence-corrected chi connectivity index (χ1v) is 10.0. The topological polar surface area (TPSA) is 76.1 Å². The summed E-state index contributed by atoms with van der Waals surface area (Å²) >= 11 is 3.39. The normalized spacial score (nSPS) is 18.3. The minimum Gasteiger partial charge on any atom is -0.507 e. The maximum atomic E-state index is 12.8. The molecule has 1 heterocycles. The van der Waals surface area contributed by atoms with Crippen LogP contribution in [0.2, 0.25) is 0 Å². The number of likely N-dealkylation sites (tertiary alicyclic amines) is 1. The third-order valence-corrected chi connectivity index (χ3v) is 5.23. The van der Waals surface area contributed by atoms with E-state index in [9.17, 15) is 14.7 Å². The molecule has 2 aromatic carbocycles. The molecular formula is C22H22BrNO5. The molecular weight excluding hydrogens is 438 g/mol. The van der Waals surface area contributed by atoms with Gasteiger partial charge >= 0.3 is 0 Å². The molecule has 0 bridgehead atoms. The van der Waals surface area contributed by atoms with Crippen LogP contribution in [-0.4, -0.2) is 48.6 Å². The zero-order valence-electron chi connectivity index (χ0n) is 16.2. The Bertz CT molecular complexity index is 921. The number of ketones is 1. The van der Waals surface area contributed by atoms with Crippen LogP contribution in [0.25, 0.3) is 5.76 Å². The van der Waals surface area contributed by atoms with Crippen molar-refractivity contribution < 1.29 is 24.2 Å². The van der Waals surface area contributed by atoms with Gasteiger partial charge in [0, 0.05) is 23.7 Å². The van der Waals surface area contributed by atoms with E-state index >= 15 is 0 Å². The molecule has 1 aliphatic rings. The van der Waals surface area contributed by atoms with Crippen LogP contribution in [0.5, 0.6) is 5.75 Å². The van der Waals surface area contributed by atoms with Crippen molar-refractivity contribution in [3.63, 3.8) is 0 Å². The van der Waals surface area contributed by atoms with Crippen molar-refractivity contribution >= 4 is 33.4 Å². The molecule has 1 atom stereocenters. The third-order valence-electron chi connectivity index (χ3n) is 4.70. The van der Waals surface area contributed by atoms with Crippen molar-refractivity contribution in [1.82, 2.24) is 4.90 Å². The highest BCUT2D eigenvalue weighted by atomic mass is 79.9. The zero-order valence-corrected chi connectivity index (χ0v) is 17.8. The van der Waals surface area contributed by atoms with E-state index in [0.717, 1.165) is 10.0 Å².